The number of isothiocyanates is 1. The first-order valence-electron chi connectivity index (χ1n) is 6.07. The number of rotatable bonds is 6. The van der Waals surface area contributed by atoms with E-state index in [1.54, 1.807) is 6.92 Å². The van der Waals surface area contributed by atoms with E-state index >= 15 is 0 Å². The molecule has 0 spiro atoms. The first kappa shape index (κ1) is 16.0. The minimum Gasteiger partial charge on any atom is -0.467 e. The van der Waals surface area contributed by atoms with Gasteiger partial charge < -0.3 is 10.1 Å². The second-order valence-corrected chi connectivity index (χ2v) is 4.35. The molecule has 1 aromatic carbocycles. The third kappa shape index (κ3) is 4.91. The van der Waals surface area contributed by atoms with Gasteiger partial charge in [-0.15, -0.1) is 0 Å². The van der Waals surface area contributed by atoms with Crippen molar-refractivity contribution in [3.05, 3.63) is 35.9 Å². The van der Waals surface area contributed by atoms with Gasteiger partial charge in [0, 0.05) is 6.42 Å². The zero-order valence-electron chi connectivity index (χ0n) is 11.3. The summed E-state index contributed by atoms with van der Waals surface area (Å²) in [7, 11) is 1.28. The topological polar surface area (TPSA) is 67.8 Å². The molecule has 0 saturated heterocycles. The minimum atomic E-state index is -0.752. The minimum absolute atomic E-state index is 0.354. The Labute approximate surface area is 123 Å². The van der Waals surface area contributed by atoms with Crippen LogP contribution in [0.1, 0.15) is 12.5 Å². The van der Waals surface area contributed by atoms with Crippen molar-refractivity contribution in [3.63, 3.8) is 0 Å². The van der Waals surface area contributed by atoms with Crippen LogP contribution in [0.15, 0.2) is 35.3 Å². The van der Waals surface area contributed by atoms with Gasteiger partial charge in [-0.05, 0) is 24.7 Å². The Hall–Kier alpha value is -2.04. The fourth-order valence-corrected chi connectivity index (χ4v) is 1.77. The number of aliphatic imine (C=N–C) groups is 1. The molecular weight excluding hydrogens is 276 g/mol. The molecule has 0 bridgehead atoms. The Kier molecular flexibility index (Phi) is 6.56. The average Bonchev–Trinajstić information content (AvgIpc) is 2.47. The summed E-state index contributed by atoms with van der Waals surface area (Å²) >= 11 is 4.45. The lowest BCUT2D eigenvalue weighted by Gasteiger charge is -2.17. The maximum atomic E-state index is 11.9. The van der Waals surface area contributed by atoms with E-state index < -0.39 is 24.0 Å². The van der Waals surface area contributed by atoms with E-state index in [4.69, 9.17) is 4.74 Å². The van der Waals surface area contributed by atoms with E-state index in [9.17, 15) is 9.59 Å². The molecule has 0 aliphatic carbocycles. The average molecular weight is 292 g/mol. The summed E-state index contributed by atoms with van der Waals surface area (Å²) < 4.78 is 4.70. The van der Waals surface area contributed by atoms with Gasteiger partial charge in [0.1, 0.15) is 12.1 Å². The van der Waals surface area contributed by atoms with Gasteiger partial charge in [-0.3, -0.25) is 4.79 Å². The number of hydrogen-bond donors (Lipinski definition) is 1. The standard InChI is InChI=1S/C14H16N2O3S/c1-10(15-9-20)13(17)16-12(14(18)19-2)8-11-6-4-3-5-7-11/h3-7,10,12H,8H2,1-2H3,(H,16,17)/t10-,12-/m0/s1. The highest BCUT2D eigenvalue weighted by Gasteiger charge is 2.24. The molecule has 0 unspecified atom stereocenters. The number of methoxy groups -OCH3 is 1. The molecule has 0 radical (unpaired) electrons. The van der Waals surface area contributed by atoms with Crippen LogP contribution in [0.4, 0.5) is 0 Å². The first-order chi connectivity index (χ1) is 9.58. The number of hydrogen-bond acceptors (Lipinski definition) is 5. The van der Waals surface area contributed by atoms with Gasteiger partial charge in [-0.1, -0.05) is 30.3 Å². The van der Waals surface area contributed by atoms with Crippen molar-refractivity contribution >= 4 is 29.3 Å². The maximum absolute atomic E-state index is 11.9. The fourth-order valence-electron chi connectivity index (χ4n) is 1.62. The monoisotopic (exact) mass is 292 g/mol. The van der Waals surface area contributed by atoms with E-state index in [2.05, 4.69) is 27.7 Å². The number of carbonyl (C=O) groups is 2. The Morgan fingerprint density at radius 1 is 1.40 bits per heavy atom. The van der Waals surface area contributed by atoms with E-state index in [0.717, 1.165) is 5.56 Å². The second-order valence-electron chi connectivity index (χ2n) is 4.17. The molecule has 6 heteroatoms. The SMILES string of the molecule is COC(=O)[C@H](Cc1ccccc1)NC(=O)[C@H](C)N=C=S. The van der Waals surface area contributed by atoms with Crippen molar-refractivity contribution < 1.29 is 14.3 Å². The van der Waals surface area contributed by atoms with E-state index in [1.165, 1.54) is 7.11 Å². The van der Waals surface area contributed by atoms with Crippen molar-refractivity contribution in [1.29, 1.82) is 0 Å². The molecule has 1 rings (SSSR count). The van der Waals surface area contributed by atoms with E-state index in [1.807, 2.05) is 30.3 Å². The maximum Gasteiger partial charge on any atom is 0.328 e. The molecule has 2 atom stereocenters. The number of ether oxygens (including phenoxy) is 1. The first-order valence-corrected chi connectivity index (χ1v) is 6.48. The molecule has 1 amide bonds. The van der Waals surface area contributed by atoms with Gasteiger partial charge in [-0.2, -0.15) is 0 Å². The van der Waals surface area contributed by atoms with Crippen LogP contribution in [-0.2, 0) is 20.7 Å². The van der Waals surface area contributed by atoms with Crippen LogP contribution in [0.5, 0.6) is 0 Å². The number of nitrogens with zero attached hydrogens (tertiary/aromatic N) is 1. The molecule has 0 aromatic heterocycles. The van der Waals surface area contributed by atoms with Gasteiger partial charge in [0.2, 0.25) is 5.91 Å². The zero-order chi connectivity index (χ0) is 15.0. The lowest BCUT2D eigenvalue weighted by molar-refractivity contribution is -0.145. The molecule has 0 saturated carbocycles. The van der Waals surface area contributed by atoms with Crippen LogP contribution in [0, 0.1) is 0 Å². The molecule has 0 aliphatic heterocycles. The normalized spacial score (nSPS) is 12.7. The molecule has 5 nitrogen and oxygen atoms in total. The Balaban J connectivity index is 2.77. The molecule has 106 valence electrons. The van der Waals surface area contributed by atoms with Crippen LogP contribution in [0.2, 0.25) is 0 Å². The highest BCUT2D eigenvalue weighted by atomic mass is 32.1. The number of benzene rings is 1. The molecule has 0 aliphatic rings. The predicted octanol–water partition coefficient (Wildman–Crippen LogP) is 1.38. The molecule has 0 heterocycles. The fraction of sp³-hybridized carbons (Fsp3) is 0.357. The summed E-state index contributed by atoms with van der Waals surface area (Å²) in [5, 5.41) is 4.75. The Bertz CT molecular complexity index is 512. The van der Waals surface area contributed by atoms with Crippen molar-refractivity contribution in [1.82, 2.24) is 5.32 Å². The smallest absolute Gasteiger partial charge is 0.328 e. The van der Waals surface area contributed by atoms with Crippen LogP contribution in [0.25, 0.3) is 0 Å². The largest absolute Gasteiger partial charge is 0.467 e. The van der Waals surface area contributed by atoms with Gasteiger partial charge in [-0.25, -0.2) is 9.79 Å². The molecule has 0 fully saturated rings. The summed E-state index contributed by atoms with van der Waals surface area (Å²) in [5.41, 5.74) is 0.925. The summed E-state index contributed by atoms with van der Waals surface area (Å²) in [6, 6.07) is 7.93. The van der Waals surface area contributed by atoms with Crippen molar-refractivity contribution in [2.24, 2.45) is 4.99 Å². The quantitative estimate of drug-likeness (QED) is 0.488. The van der Waals surface area contributed by atoms with Gasteiger partial charge in [0.25, 0.3) is 0 Å². The molecular formula is C14H16N2O3S. The Morgan fingerprint density at radius 3 is 2.60 bits per heavy atom. The summed E-state index contributed by atoms with van der Waals surface area (Å²) in [6.45, 7) is 1.57. The number of thiocarbonyl (C=S) groups is 1. The lowest BCUT2D eigenvalue weighted by Crippen LogP contribution is -2.46. The highest BCUT2D eigenvalue weighted by Crippen LogP contribution is 2.05. The highest BCUT2D eigenvalue weighted by molar-refractivity contribution is 7.78. The number of carbonyl (C=O) groups excluding carboxylic acids is 2. The number of esters is 1. The van der Waals surface area contributed by atoms with E-state index in [0.29, 0.717) is 6.42 Å². The van der Waals surface area contributed by atoms with Crippen LogP contribution in [0.3, 0.4) is 0 Å². The lowest BCUT2D eigenvalue weighted by atomic mass is 10.1. The summed E-state index contributed by atoms with van der Waals surface area (Å²) in [5.74, 6) is -0.894. The summed E-state index contributed by atoms with van der Waals surface area (Å²) in [6.07, 6.45) is 0.354. The van der Waals surface area contributed by atoms with Crippen molar-refractivity contribution in [2.75, 3.05) is 7.11 Å². The third-order valence-electron chi connectivity index (χ3n) is 2.71. The van der Waals surface area contributed by atoms with Gasteiger partial charge >= 0.3 is 5.97 Å². The van der Waals surface area contributed by atoms with Crippen LogP contribution >= 0.6 is 12.2 Å². The number of amides is 1. The van der Waals surface area contributed by atoms with Crippen LogP contribution in [-0.4, -0.2) is 36.2 Å². The molecule has 1 aromatic rings. The summed E-state index contributed by atoms with van der Waals surface area (Å²) in [4.78, 5) is 27.3. The second kappa shape index (κ2) is 8.19. The molecule has 1 N–H and O–H groups in total. The van der Waals surface area contributed by atoms with Gasteiger partial charge in [0.05, 0.1) is 12.3 Å². The molecule has 20 heavy (non-hydrogen) atoms. The van der Waals surface area contributed by atoms with Crippen molar-refractivity contribution in [3.8, 4) is 0 Å². The van der Waals surface area contributed by atoms with Crippen molar-refractivity contribution in [2.45, 2.75) is 25.4 Å². The zero-order valence-corrected chi connectivity index (χ0v) is 12.1. The van der Waals surface area contributed by atoms with Gasteiger partial charge in [0.15, 0.2) is 0 Å². The predicted molar refractivity (Wildman–Crippen MR) is 78.6 cm³/mol. The number of nitrogens with one attached hydrogen (secondary N) is 1. The van der Waals surface area contributed by atoms with Crippen LogP contribution < -0.4 is 5.32 Å². The third-order valence-corrected chi connectivity index (χ3v) is 2.82. The van der Waals surface area contributed by atoms with E-state index in [-0.39, 0.29) is 0 Å². The Morgan fingerprint density at radius 2 is 2.05 bits per heavy atom.